The second-order valence-corrected chi connectivity index (χ2v) is 5.77. The molecule has 0 N–H and O–H groups in total. The quantitative estimate of drug-likeness (QED) is 0.578. The summed E-state index contributed by atoms with van der Waals surface area (Å²) < 4.78 is 7.37. The molecule has 0 saturated heterocycles. The Bertz CT molecular complexity index is 621. The van der Waals surface area contributed by atoms with Gasteiger partial charge >= 0.3 is 0 Å². The summed E-state index contributed by atoms with van der Waals surface area (Å²) in [7, 11) is 5.91. The second-order valence-electron chi connectivity index (χ2n) is 5.00. The number of ether oxygens (including phenoxy) is 1. The van der Waals surface area contributed by atoms with Gasteiger partial charge in [-0.2, -0.15) is 4.98 Å². The Morgan fingerprint density at radius 3 is 2.64 bits per heavy atom. The number of aromatic nitrogens is 3. The van der Waals surface area contributed by atoms with E-state index in [1.165, 1.54) is 0 Å². The fraction of sp³-hybridized carbons (Fsp3) is 0.400. The van der Waals surface area contributed by atoms with E-state index < -0.39 is 0 Å². The van der Waals surface area contributed by atoms with Crippen molar-refractivity contribution in [2.24, 2.45) is 12.0 Å². The number of aliphatic imine (C=N–C) groups is 1. The van der Waals surface area contributed by atoms with Crippen molar-refractivity contribution in [3.05, 3.63) is 29.8 Å². The Morgan fingerprint density at radius 1 is 1.32 bits per heavy atom. The number of nitrogens with zero attached hydrogens (tertiary/aromatic N) is 5. The molecule has 0 atom stereocenters. The largest absolute Gasteiger partial charge is 0.492 e. The van der Waals surface area contributed by atoms with Gasteiger partial charge in [-0.15, -0.1) is 5.10 Å². The maximum atomic E-state index is 5.65. The van der Waals surface area contributed by atoms with Crippen molar-refractivity contribution in [1.29, 1.82) is 0 Å². The number of thioether (sulfide) groups is 1. The molecule has 0 aliphatic rings. The Labute approximate surface area is 135 Å². The van der Waals surface area contributed by atoms with Crippen LogP contribution in [0.15, 0.2) is 34.4 Å². The molecule has 0 unspecified atom stereocenters. The number of hydrogen-bond donors (Lipinski definition) is 0. The van der Waals surface area contributed by atoms with Gasteiger partial charge in [-0.3, -0.25) is 0 Å². The van der Waals surface area contributed by atoms with Gasteiger partial charge in [-0.25, -0.2) is 9.67 Å². The van der Waals surface area contributed by atoms with Crippen LogP contribution in [0.3, 0.4) is 0 Å². The summed E-state index contributed by atoms with van der Waals surface area (Å²) >= 11 is 1.54. The van der Waals surface area contributed by atoms with Gasteiger partial charge in [-0.1, -0.05) is 11.8 Å². The molecule has 0 aliphatic carbocycles. The molecule has 118 valence electrons. The van der Waals surface area contributed by atoms with Crippen LogP contribution in [-0.4, -0.2) is 59.4 Å². The van der Waals surface area contributed by atoms with Crippen molar-refractivity contribution >= 4 is 23.9 Å². The number of hydrogen-bond acceptors (Lipinski definition) is 6. The molecule has 0 aliphatic heterocycles. The first-order valence-electron chi connectivity index (χ1n) is 6.95. The highest BCUT2D eigenvalue weighted by atomic mass is 32.2. The fourth-order valence-electron chi connectivity index (χ4n) is 1.72. The van der Waals surface area contributed by atoms with Gasteiger partial charge in [0, 0.05) is 19.8 Å². The molecule has 1 heterocycles. The third-order valence-electron chi connectivity index (χ3n) is 2.91. The summed E-state index contributed by atoms with van der Waals surface area (Å²) in [4.78, 5) is 10.7. The fourth-order valence-corrected chi connectivity index (χ4v) is 2.20. The molecule has 2 aromatic rings. The van der Waals surface area contributed by atoms with E-state index >= 15 is 0 Å². The summed E-state index contributed by atoms with van der Waals surface area (Å²) in [5.74, 6) is 1.33. The lowest BCUT2D eigenvalue weighted by atomic mass is 10.2. The molecule has 2 rings (SSSR count). The van der Waals surface area contributed by atoms with E-state index in [4.69, 9.17) is 4.74 Å². The van der Waals surface area contributed by atoms with Crippen molar-refractivity contribution in [1.82, 2.24) is 19.7 Å². The molecule has 0 radical (unpaired) electrons. The molecule has 0 saturated carbocycles. The first-order chi connectivity index (χ1) is 10.6. The molecule has 0 spiro atoms. The van der Waals surface area contributed by atoms with Gasteiger partial charge in [0.25, 0.3) is 5.95 Å². The molecule has 1 aromatic carbocycles. The first kappa shape index (κ1) is 16.5. The smallest absolute Gasteiger partial charge is 0.269 e. The number of benzene rings is 1. The molecule has 6 nitrogen and oxygen atoms in total. The average Bonchev–Trinajstić information content (AvgIpc) is 2.86. The number of aryl methyl sites for hydroxylation is 1. The highest BCUT2D eigenvalue weighted by Gasteiger charge is 2.03. The van der Waals surface area contributed by atoms with Crippen LogP contribution in [0.4, 0.5) is 5.95 Å². The highest BCUT2D eigenvalue weighted by Crippen LogP contribution is 2.15. The van der Waals surface area contributed by atoms with Crippen LogP contribution in [0.25, 0.3) is 0 Å². The van der Waals surface area contributed by atoms with Crippen LogP contribution in [0, 0.1) is 0 Å². The monoisotopic (exact) mass is 319 g/mol. The Hall–Kier alpha value is -1.86. The van der Waals surface area contributed by atoms with E-state index in [1.54, 1.807) is 22.7 Å². The zero-order valence-electron chi connectivity index (χ0n) is 13.4. The van der Waals surface area contributed by atoms with E-state index in [-0.39, 0.29) is 0 Å². The average molecular weight is 319 g/mol. The van der Waals surface area contributed by atoms with Gasteiger partial charge in [-0.05, 0) is 50.2 Å². The molecular formula is C15H21N5OS. The van der Waals surface area contributed by atoms with Crippen LogP contribution >= 0.6 is 11.8 Å². The van der Waals surface area contributed by atoms with Gasteiger partial charge in [0.15, 0.2) is 5.16 Å². The van der Waals surface area contributed by atoms with E-state index in [9.17, 15) is 0 Å². The minimum Gasteiger partial charge on any atom is -0.492 e. The summed E-state index contributed by atoms with van der Waals surface area (Å²) in [6.07, 6.45) is 3.72. The molecule has 7 heteroatoms. The van der Waals surface area contributed by atoms with E-state index in [0.29, 0.717) is 12.6 Å². The van der Waals surface area contributed by atoms with Crippen LogP contribution in [-0.2, 0) is 7.05 Å². The van der Waals surface area contributed by atoms with E-state index in [0.717, 1.165) is 23.0 Å². The zero-order chi connectivity index (χ0) is 15.9. The number of rotatable bonds is 7. The summed E-state index contributed by atoms with van der Waals surface area (Å²) in [6, 6.07) is 7.81. The van der Waals surface area contributed by atoms with Crippen LogP contribution < -0.4 is 4.74 Å². The Kier molecular flexibility index (Phi) is 5.97. The predicted molar refractivity (Wildman–Crippen MR) is 90.5 cm³/mol. The maximum Gasteiger partial charge on any atom is 0.269 e. The summed E-state index contributed by atoms with van der Waals surface area (Å²) in [6.45, 7) is 1.57. The Balaban J connectivity index is 1.94. The maximum absolute atomic E-state index is 5.65. The van der Waals surface area contributed by atoms with Crippen molar-refractivity contribution in [2.45, 2.75) is 5.16 Å². The van der Waals surface area contributed by atoms with E-state index in [1.807, 2.05) is 51.7 Å². The standard InChI is InChI=1S/C15H21N5OS/c1-19(2)9-10-21-13-7-5-12(6-8-13)11-16-14-17-15(22-4)20(3)18-14/h5-8,11H,9-10H2,1-4H3/b16-11+. The first-order valence-corrected chi connectivity index (χ1v) is 8.17. The van der Waals surface area contributed by atoms with Crippen molar-refractivity contribution in [3.8, 4) is 5.75 Å². The number of likely N-dealkylation sites (N-methyl/N-ethyl adjacent to an activating group) is 1. The summed E-state index contributed by atoms with van der Waals surface area (Å²) in [5, 5.41) is 5.07. The highest BCUT2D eigenvalue weighted by molar-refractivity contribution is 7.98. The zero-order valence-corrected chi connectivity index (χ0v) is 14.2. The van der Waals surface area contributed by atoms with Gasteiger partial charge in [0.05, 0.1) is 0 Å². The van der Waals surface area contributed by atoms with Gasteiger partial charge in [0.1, 0.15) is 12.4 Å². The lowest BCUT2D eigenvalue weighted by molar-refractivity contribution is 0.261. The van der Waals surface area contributed by atoms with Crippen molar-refractivity contribution in [3.63, 3.8) is 0 Å². The third-order valence-corrected chi connectivity index (χ3v) is 3.63. The topological polar surface area (TPSA) is 55.5 Å². The molecule has 0 fully saturated rings. The minimum absolute atomic E-state index is 0.471. The minimum atomic E-state index is 0.471. The molecule has 22 heavy (non-hydrogen) atoms. The van der Waals surface area contributed by atoms with Crippen molar-refractivity contribution in [2.75, 3.05) is 33.5 Å². The van der Waals surface area contributed by atoms with Gasteiger partial charge < -0.3 is 9.64 Å². The lowest BCUT2D eigenvalue weighted by Crippen LogP contribution is -2.19. The van der Waals surface area contributed by atoms with Crippen LogP contribution in [0.2, 0.25) is 0 Å². The Morgan fingerprint density at radius 2 is 2.05 bits per heavy atom. The van der Waals surface area contributed by atoms with Crippen LogP contribution in [0.1, 0.15) is 5.56 Å². The predicted octanol–water partition coefficient (Wildman–Crippen LogP) is 2.23. The van der Waals surface area contributed by atoms with Crippen molar-refractivity contribution < 1.29 is 4.74 Å². The molecule has 1 aromatic heterocycles. The molecule has 0 bridgehead atoms. The third kappa shape index (κ3) is 4.85. The second kappa shape index (κ2) is 7.95. The summed E-state index contributed by atoms with van der Waals surface area (Å²) in [5.41, 5.74) is 0.984. The van der Waals surface area contributed by atoms with E-state index in [2.05, 4.69) is 20.0 Å². The molecule has 0 amide bonds. The van der Waals surface area contributed by atoms with Gasteiger partial charge in [0.2, 0.25) is 0 Å². The SMILES string of the molecule is CSc1nc(/N=C/c2ccc(OCCN(C)C)cc2)nn1C. The molecular weight excluding hydrogens is 298 g/mol. The van der Waals surface area contributed by atoms with Crippen LogP contribution in [0.5, 0.6) is 5.75 Å². The normalized spacial score (nSPS) is 11.5. The lowest BCUT2D eigenvalue weighted by Gasteiger charge is -2.10.